The lowest BCUT2D eigenvalue weighted by atomic mass is 10.1. The predicted octanol–water partition coefficient (Wildman–Crippen LogP) is 4.05. The Morgan fingerprint density at radius 1 is 0.939 bits per heavy atom. The Kier molecular flexibility index (Phi) is 5.34. The van der Waals surface area contributed by atoms with E-state index >= 15 is 0 Å². The molecule has 4 aromatic rings. The zero-order valence-corrected chi connectivity index (χ0v) is 19.3. The number of piperazine rings is 1. The first-order valence-electron chi connectivity index (χ1n) is 10.7. The highest BCUT2D eigenvalue weighted by Crippen LogP contribution is 2.30. The van der Waals surface area contributed by atoms with Crippen molar-refractivity contribution < 1.29 is 22.4 Å². The fourth-order valence-electron chi connectivity index (χ4n) is 4.28. The lowest BCUT2D eigenvalue weighted by molar-refractivity contribution is 0.0667. The topological polar surface area (TPSA) is 80.1 Å². The molecule has 1 aromatic heterocycles. The van der Waals surface area contributed by atoms with Crippen LogP contribution in [0.2, 0.25) is 0 Å². The van der Waals surface area contributed by atoms with Crippen LogP contribution in [-0.2, 0) is 10.0 Å². The summed E-state index contributed by atoms with van der Waals surface area (Å²) >= 11 is 0. The summed E-state index contributed by atoms with van der Waals surface area (Å²) in [7, 11) is -2.05. The number of hydrogen-bond acceptors (Lipinski definition) is 5. The van der Waals surface area contributed by atoms with Crippen LogP contribution in [0, 0.1) is 6.92 Å². The van der Waals surface area contributed by atoms with Crippen molar-refractivity contribution in [3.63, 3.8) is 0 Å². The average molecular weight is 465 g/mol. The molecular weight excluding hydrogens is 440 g/mol. The van der Waals surface area contributed by atoms with Crippen LogP contribution in [0.3, 0.4) is 0 Å². The molecule has 8 heteroatoms. The minimum absolute atomic E-state index is 0.230. The third kappa shape index (κ3) is 3.75. The Morgan fingerprint density at radius 2 is 1.67 bits per heavy atom. The van der Waals surface area contributed by atoms with E-state index in [1.165, 1.54) is 4.31 Å². The zero-order chi connectivity index (χ0) is 23.2. The highest BCUT2D eigenvalue weighted by atomic mass is 32.2. The van der Waals surface area contributed by atoms with Gasteiger partial charge in [0, 0.05) is 37.1 Å². The summed E-state index contributed by atoms with van der Waals surface area (Å²) in [6.45, 7) is 2.90. The molecule has 0 aliphatic carbocycles. The van der Waals surface area contributed by atoms with Gasteiger partial charge in [0.05, 0.1) is 12.0 Å². The molecule has 5 rings (SSSR count). The Bertz CT molecular complexity index is 1470. The molecule has 1 aliphatic rings. The highest BCUT2D eigenvalue weighted by molar-refractivity contribution is 7.89. The summed E-state index contributed by atoms with van der Waals surface area (Å²) in [5.74, 6) is 0.743. The number of methoxy groups -OCH3 is 1. The maximum absolute atomic E-state index is 13.2. The quantitative estimate of drug-likeness (QED) is 0.455. The largest absolute Gasteiger partial charge is 0.497 e. The monoisotopic (exact) mass is 464 g/mol. The van der Waals surface area contributed by atoms with Crippen LogP contribution in [0.4, 0.5) is 0 Å². The Hall–Kier alpha value is -3.36. The van der Waals surface area contributed by atoms with Gasteiger partial charge in [-0.05, 0) is 48.0 Å². The van der Waals surface area contributed by atoms with E-state index in [2.05, 4.69) is 0 Å². The number of aryl methyl sites for hydroxylation is 1. The van der Waals surface area contributed by atoms with E-state index in [0.29, 0.717) is 24.4 Å². The molecule has 0 N–H and O–H groups in total. The normalized spacial score (nSPS) is 15.3. The van der Waals surface area contributed by atoms with Crippen LogP contribution in [0.1, 0.15) is 16.1 Å². The van der Waals surface area contributed by atoms with Gasteiger partial charge in [0.2, 0.25) is 10.0 Å². The van der Waals surface area contributed by atoms with Gasteiger partial charge in [0.1, 0.15) is 11.3 Å². The number of hydrogen-bond donors (Lipinski definition) is 0. The predicted molar refractivity (Wildman–Crippen MR) is 126 cm³/mol. The molecule has 1 fully saturated rings. The molecule has 33 heavy (non-hydrogen) atoms. The minimum Gasteiger partial charge on any atom is -0.497 e. The van der Waals surface area contributed by atoms with Crippen LogP contribution in [0.25, 0.3) is 21.7 Å². The Labute approximate surface area is 192 Å². The summed E-state index contributed by atoms with van der Waals surface area (Å²) in [4.78, 5) is 15.1. The second kappa shape index (κ2) is 8.20. The van der Waals surface area contributed by atoms with Gasteiger partial charge in [0.15, 0.2) is 5.76 Å². The number of benzene rings is 3. The molecule has 0 atom stereocenters. The van der Waals surface area contributed by atoms with Crippen molar-refractivity contribution >= 4 is 37.7 Å². The van der Waals surface area contributed by atoms with E-state index in [4.69, 9.17) is 9.15 Å². The lowest BCUT2D eigenvalue weighted by Crippen LogP contribution is -2.50. The minimum atomic E-state index is -3.65. The molecule has 0 spiro atoms. The number of nitrogens with zero attached hydrogens (tertiary/aromatic N) is 2. The van der Waals surface area contributed by atoms with Crippen LogP contribution < -0.4 is 4.74 Å². The molecule has 0 saturated carbocycles. The number of furan rings is 1. The van der Waals surface area contributed by atoms with Crippen LogP contribution >= 0.6 is 0 Å². The molecule has 0 bridgehead atoms. The van der Waals surface area contributed by atoms with Gasteiger partial charge in [-0.15, -0.1) is 0 Å². The molecule has 1 amide bonds. The van der Waals surface area contributed by atoms with Gasteiger partial charge >= 0.3 is 0 Å². The first kappa shape index (κ1) is 21.5. The van der Waals surface area contributed by atoms with Crippen molar-refractivity contribution in [3.05, 3.63) is 72.0 Å². The summed E-state index contributed by atoms with van der Waals surface area (Å²) < 4.78 is 39.0. The van der Waals surface area contributed by atoms with E-state index in [-0.39, 0.29) is 29.7 Å². The van der Waals surface area contributed by atoms with Gasteiger partial charge < -0.3 is 14.1 Å². The molecular formula is C25H24N2O5S. The van der Waals surface area contributed by atoms with Crippen molar-refractivity contribution in [1.82, 2.24) is 9.21 Å². The second-order valence-electron chi connectivity index (χ2n) is 8.12. The molecule has 7 nitrogen and oxygen atoms in total. The van der Waals surface area contributed by atoms with E-state index in [1.807, 2.05) is 43.3 Å². The summed E-state index contributed by atoms with van der Waals surface area (Å²) in [6.07, 6.45) is 0. The first-order valence-corrected chi connectivity index (χ1v) is 12.2. The number of fused-ring (bicyclic) bond motifs is 2. The molecule has 0 radical (unpaired) electrons. The summed E-state index contributed by atoms with van der Waals surface area (Å²) in [5, 5.41) is 2.70. The van der Waals surface area contributed by atoms with E-state index in [9.17, 15) is 13.2 Å². The highest BCUT2D eigenvalue weighted by Gasteiger charge is 2.32. The van der Waals surface area contributed by atoms with Crippen molar-refractivity contribution in [2.45, 2.75) is 11.8 Å². The zero-order valence-electron chi connectivity index (χ0n) is 18.4. The molecule has 1 aliphatic heterocycles. The van der Waals surface area contributed by atoms with Gasteiger partial charge in [0.25, 0.3) is 5.91 Å². The third-order valence-corrected chi connectivity index (χ3v) is 8.12. The number of amides is 1. The average Bonchev–Trinajstić information content (AvgIpc) is 3.18. The molecule has 3 aromatic carbocycles. The van der Waals surface area contributed by atoms with Crippen LogP contribution in [0.5, 0.6) is 5.75 Å². The van der Waals surface area contributed by atoms with E-state index in [1.54, 1.807) is 36.3 Å². The fraction of sp³-hybridized carbons (Fsp3) is 0.240. The summed E-state index contributed by atoms with van der Waals surface area (Å²) in [5.41, 5.74) is 1.37. The van der Waals surface area contributed by atoms with Gasteiger partial charge in [-0.2, -0.15) is 4.31 Å². The maximum atomic E-state index is 13.2. The Morgan fingerprint density at radius 3 is 2.39 bits per heavy atom. The molecule has 1 saturated heterocycles. The van der Waals surface area contributed by atoms with Gasteiger partial charge in [-0.1, -0.05) is 30.3 Å². The molecule has 0 unspecified atom stereocenters. The van der Waals surface area contributed by atoms with E-state index < -0.39 is 10.0 Å². The van der Waals surface area contributed by atoms with Gasteiger partial charge in [-0.25, -0.2) is 8.42 Å². The number of ether oxygens (including phenoxy) is 1. The molecule has 2 heterocycles. The van der Waals surface area contributed by atoms with E-state index in [0.717, 1.165) is 21.7 Å². The standard InChI is InChI=1S/C25H24N2O5S/c1-17-22-16-20(31-2)8-10-23(22)32-24(17)25(28)26-11-13-27(14-12-26)33(29,30)21-9-7-18-5-3-4-6-19(18)15-21/h3-10,15-16H,11-14H2,1-2H3. The van der Waals surface area contributed by atoms with Crippen molar-refractivity contribution in [3.8, 4) is 5.75 Å². The second-order valence-corrected chi connectivity index (χ2v) is 10.1. The number of sulfonamides is 1. The van der Waals surface area contributed by atoms with Crippen molar-refractivity contribution in [2.75, 3.05) is 33.3 Å². The number of rotatable bonds is 4. The van der Waals surface area contributed by atoms with Crippen molar-refractivity contribution in [1.29, 1.82) is 0 Å². The molecule has 170 valence electrons. The van der Waals surface area contributed by atoms with Gasteiger partial charge in [-0.3, -0.25) is 4.79 Å². The van der Waals surface area contributed by atoms with Crippen LogP contribution in [-0.4, -0.2) is 56.8 Å². The summed E-state index contributed by atoms with van der Waals surface area (Å²) in [6, 6.07) is 18.2. The number of carbonyl (C=O) groups excluding carboxylic acids is 1. The third-order valence-electron chi connectivity index (χ3n) is 6.22. The Balaban J connectivity index is 1.33. The lowest BCUT2D eigenvalue weighted by Gasteiger charge is -2.33. The van der Waals surface area contributed by atoms with Crippen molar-refractivity contribution in [2.24, 2.45) is 0 Å². The van der Waals surface area contributed by atoms with Crippen LogP contribution in [0.15, 0.2) is 70.0 Å². The SMILES string of the molecule is COc1ccc2oc(C(=O)N3CCN(S(=O)(=O)c4ccc5ccccc5c4)CC3)c(C)c2c1. The fourth-order valence-corrected chi connectivity index (χ4v) is 5.74. The first-order chi connectivity index (χ1) is 15.9. The maximum Gasteiger partial charge on any atom is 0.289 e. The smallest absolute Gasteiger partial charge is 0.289 e. The number of carbonyl (C=O) groups is 1.